The van der Waals surface area contributed by atoms with Crippen LogP contribution in [0.5, 0.6) is 0 Å². The second kappa shape index (κ2) is 24.5. The highest BCUT2D eigenvalue weighted by Gasteiger charge is 2.36. The minimum atomic E-state index is -0.780. The zero-order valence-electron chi connectivity index (χ0n) is 28.4. The van der Waals surface area contributed by atoms with Crippen LogP contribution in [0.3, 0.4) is 0 Å². The topological polar surface area (TPSA) is 109 Å². The predicted molar refractivity (Wildman–Crippen MR) is 175 cm³/mol. The molecule has 1 aliphatic rings. The van der Waals surface area contributed by atoms with Gasteiger partial charge in [-0.3, -0.25) is 15.0 Å². The number of unbranched alkanes of at least 4 members (excludes halogenated alkanes) is 15. The fourth-order valence-electron chi connectivity index (χ4n) is 5.74. The van der Waals surface area contributed by atoms with E-state index in [1.54, 1.807) is 0 Å². The SMILES string of the molecule is CCCCCCCCCCCCCCCCCCNC(=O)OCC(C)(C)COC(=O)NC(=O)C1NCCC1N(CC)CC. The Labute approximate surface area is 263 Å². The third kappa shape index (κ3) is 19.2. The number of hydrogen-bond acceptors (Lipinski definition) is 7. The van der Waals surface area contributed by atoms with Gasteiger partial charge in [-0.2, -0.15) is 0 Å². The molecular weight excluding hydrogens is 544 g/mol. The van der Waals surface area contributed by atoms with Gasteiger partial charge in [0.05, 0.1) is 0 Å². The number of alkyl carbamates (subject to hydrolysis) is 2. The molecule has 0 spiro atoms. The van der Waals surface area contributed by atoms with E-state index in [9.17, 15) is 14.4 Å². The van der Waals surface area contributed by atoms with Gasteiger partial charge in [0.2, 0.25) is 5.91 Å². The molecule has 1 rings (SSSR count). The molecule has 1 heterocycles. The molecule has 1 aliphatic heterocycles. The molecule has 9 heteroatoms. The maximum absolute atomic E-state index is 12.7. The first-order valence-corrected chi connectivity index (χ1v) is 17.6. The number of carbonyl (C=O) groups excluding carboxylic acids is 3. The van der Waals surface area contributed by atoms with E-state index < -0.39 is 23.6 Å². The van der Waals surface area contributed by atoms with Gasteiger partial charge in [-0.05, 0) is 32.5 Å². The molecule has 2 atom stereocenters. The van der Waals surface area contributed by atoms with Crippen molar-refractivity contribution < 1.29 is 23.9 Å². The van der Waals surface area contributed by atoms with Crippen LogP contribution in [0.25, 0.3) is 0 Å². The number of carbonyl (C=O) groups is 3. The third-order valence-corrected chi connectivity index (χ3v) is 8.47. The monoisotopic (exact) mass is 611 g/mol. The van der Waals surface area contributed by atoms with Crippen LogP contribution in [0.2, 0.25) is 0 Å². The number of likely N-dealkylation sites (N-methyl/N-ethyl adjacent to an activating group) is 1. The molecule has 1 fully saturated rings. The van der Waals surface area contributed by atoms with Crippen LogP contribution in [0.1, 0.15) is 144 Å². The summed E-state index contributed by atoms with van der Waals surface area (Å²) in [6, 6.07) is -0.382. The Kier molecular flexibility index (Phi) is 22.3. The van der Waals surface area contributed by atoms with Crippen LogP contribution in [0.15, 0.2) is 0 Å². The quantitative estimate of drug-likeness (QED) is 0.0929. The average molecular weight is 611 g/mol. The van der Waals surface area contributed by atoms with Gasteiger partial charge >= 0.3 is 12.2 Å². The van der Waals surface area contributed by atoms with Gasteiger partial charge in [0.25, 0.3) is 0 Å². The molecule has 43 heavy (non-hydrogen) atoms. The minimum absolute atomic E-state index is 0.0239. The molecule has 9 nitrogen and oxygen atoms in total. The summed E-state index contributed by atoms with van der Waals surface area (Å²) >= 11 is 0. The van der Waals surface area contributed by atoms with Gasteiger partial charge in [-0.15, -0.1) is 0 Å². The van der Waals surface area contributed by atoms with Crippen molar-refractivity contribution in [1.82, 2.24) is 20.9 Å². The van der Waals surface area contributed by atoms with Gasteiger partial charge in [-0.25, -0.2) is 9.59 Å². The van der Waals surface area contributed by atoms with Crippen molar-refractivity contribution >= 4 is 18.1 Å². The fourth-order valence-corrected chi connectivity index (χ4v) is 5.74. The predicted octanol–water partition coefficient (Wildman–Crippen LogP) is 7.33. The highest BCUT2D eigenvalue weighted by atomic mass is 16.6. The fraction of sp³-hybridized carbons (Fsp3) is 0.912. The van der Waals surface area contributed by atoms with Crippen molar-refractivity contribution in [2.45, 2.75) is 156 Å². The van der Waals surface area contributed by atoms with Crippen molar-refractivity contribution in [2.75, 3.05) is 39.4 Å². The maximum atomic E-state index is 12.7. The van der Waals surface area contributed by atoms with Crippen LogP contribution in [0.4, 0.5) is 9.59 Å². The first-order chi connectivity index (χ1) is 20.7. The van der Waals surface area contributed by atoms with Crippen LogP contribution in [-0.4, -0.2) is 74.5 Å². The first kappa shape index (κ1) is 39.2. The van der Waals surface area contributed by atoms with E-state index in [-0.39, 0.29) is 25.2 Å². The Morgan fingerprint density at radius 2 is 1.19 bits per heavy atom. The first-order valence-electron chi connectivity index (χ1n) is 17.6. The summed E-state index contributed by atoms with van der Waals surface area (Å²) in [4.78, 5) is 39.3. The van der Waals surface area contributed by atoms with E-state index in [4.69, 9.17) is 9.47 Å². The van der Waals surface area contributed by atoms with Gasteiger partial charge in [-0.1, -0.05) is 131 Å². The summed E-state index contributed by atoms with van der Waals surface area (Å²) in [6.45, 7) is 13.3. The lowest BCUT2D eigenvalue weighted by Crippen LogP contribution is -2.53. The van der Waals surface area contributed by atoms with Crippen molar-refractivity contribution in [3.8, 4) is 0 Å². The van der Waals surface area contributed by atoms with Gasteiger partial charge in [0.15, 0.2) is 0 Å². The van der Waals surface area contributed by atoms with Crippen molar-refractivity contribution in [1.29, 1.82) is 0 Å². The van der Waals surface area contributed by atoms with Crippen LogP contribution in [0, 0.1) is 5.41 Å². The molecule has 3 N–H and O–H groups in total. The van der Waals surface area contributed by atoms with Gasteiger partial charge in [0.1, 0.15) is 19.3 Å². The number of rotatable bonds is 25. The summed E-state index contributed by atoms with van der Waals surface area (Å²) in [5.74, 6) is -0.373. The molecule has 1 saturated heterocycles. The molecule has 252 valence electrons. The Balaban J connectivity index is 2.02. The van der Waals surface area contributed by atoms with Crippen LogP contribution in [-0.2, 0) is 14.3 Å². The number of ether oxygens (including phenoxy) is 2. The normalized spacial score (nSPS) is 16.8. The van der Waals surface area contributed by atoms with Crippen molar-refractivity contribution in [2.24, 2.45) is 5.41 Å². The smallest absolute Gasteiger partial charge is 0.413 e. The Hall–Kier alpha value is -1.87. The van der Waals surface area contributed by atoms with Crippen LogP contribution < -0.4 is 16.0 Å². The van der Waals surface area contributed by atoms with Gasteiger partial charge < -0.3 is 20.1 Å². The molecule has 0 aromatic heterocycles. The molecular formula is C34H66N4O5. The lowest BCUT2D eigenvalue weighted by Gasteiger charge is -2.30. The molecule has 0 bridgehead atoms. The second-order valence-corrected chi connectivity index (χ2v) is 13.0. The minimum Gasteiger partial charge on any atom is -0.449 e. The van der Waals surface area contributed by atoms with E-state index in [2.05, 4.69) is 41.6 Å². The largest absolute Gasteiger partial charge is 0.449 e. The molecule has 3 amide bonds. The Morgan fingerprint density at radius 1 is 0.721 bits per heavy atom. The zero-order valence-corrected chi connectivity index (χ0v) is 28.4. The maximum Gasteiger partial charge on any atom is 0.413 e. The highest BCUT2D eigenvalue weighted by Crippen LogP contribution is 2.18. The Bertz CT molecular complexity index is 744. The van der Waals surface area contributed by atoms with E-state index in [0.717, 1.165) is 38.9 Å². The number of nitrogens with one attached hydrogen (secondary N) is 3. The van der Waals surface area contributed by atoms with Crippen molar-refractivity contribution in [3.05, 3.63) is 0 Å². The number of amides is 3. The molecule has 0 radical (unpaired) electrons. The Morgan fingerprint density at radius 3 is 1.67 bits per heavy atom. The number of nitrogens with zero attached hydrogens (tertiary/aromatic N) is 1. The van der Waals surface area contributed by atoms with Crippen molar-refractivity contribution in [3.63, 3.8) is 0 Å². The standard InChI is InChI=1S/C34H66N4O5/c1-6-9-10-11-12-13-14-15-16-17-18-19-20-21-22-23-25-36-32(40)42-27-34(4,5)28-43-33(41)37-31(39)30-29(24-26-35-30)38(7-2)8-3/h29-30,35H,6-28H2,1-5H3,(H,36,40)(H,37,39,41). The summed E-state index contributed by atoms with van der Waals surface area (Å²) in [5, 5.41) is 8.36. The number of hydrogen-bond donors (Lipinski definition) is 3. The second-order valence-electron chi connectivity index (χ2n) is 13.0. The summed E-state index contributed by atoms with van der Waals surface area (Å²) in [5.41, 5.74) is -0.582. The molecule has 0 saturated carbocycles. The van der Waals surface area contributed by atoms with Gasteiger partial charge in [0, 0.05) is 18.0 Å². The molecule has 0 aliphatic carbocycles. The van der Waals surface area contributed by atoms with E-state index >= 15 is 0 Å². The number of imide groups is 1. The summed E-state index contributed by atoms with van der Waals surface area (Å²) in [6.07, 6.45) is 20.7. The highest BCUT2D eigenvalue weighted by molar-refractivity contribution is 5.95. The van der Waals surface area contributed by atoms with E-state index in [0.29, 0.717) is 6.54 Å². The molecule has 2 unspecified atom stereocenters. The van der Waals surface area contributed by atoms with E-state index in [1.165, 1.54) is 89.9 Å². The van der Waals surface area contributed by atoms with E-state index in [1.807, 2.05) is 13.8 Å². The lowest BCUT2D eigenvalue weighted by atomic mass is 9.96. The summed E-state index contributed by atoms with van der Waals surface area (Å²) in [7, 11) is 0. The average Bonchev–Trinajstić information content (AvgIpc) is 3.47. The zero-order chi connectivity index (χ0) is 31.8. The molecule has 0 aromatic carbocycles. The lowest BCUT2D eigenvalue weighted by molar-refractivity contribution is -0.123. The van der Waals surface area contributed by atoms with Crippen LogP contribution >= 0.6 is 0 Å². The summed E-state index contributed by atoms with van der Waals surface area (Å²) < 4.78 is 10.6. The third-order valence-electron chi connectivity index (χ3n) is 8.47. The molecule has 0 aromatic rings.